The largest absolute Gasteiger partial charge is 0.331 e. The Balaban J connectivity index is 2.35. The minimum atomic E-state index is -0.484. The van der Waals surface area contributed by atoms with E-state index in [0.717, 1.165) is 40.6 Å². The van der Waals surface area contributed by atoms with Crippen LogP contribution in [0.25, 0.3) is 0 Å². The third-order valence-corrected chi connectivity index (χ3v) is 4.18. The molecule has 3 unspecified atom stereocenters. The van der Waals surface area contributed by atoms with Crippen LogP contribution in [0, 0.1) is 0 Å². The van der Waals surface area contributed by atoms with Gasteiger partial charge in [0.25, 0.3) is 0 Å². The summed E-state index contributed by atoms with van der Waals surface area (Å²) < 4.78 is 0. The third-order valence-electron chi connectivity index (χ3n) is 3.35. The molecule has 1 aliphatic rings. The normalized spacial score (nSPS) is 20.7. The number of hydrogen-bond donors (Lipinski definition) is 2. The topological polar surface area (TPSA) is 75.4 Å². The average Bonchev–Trinajstić information content (AvgIpc) is 2.86. The van der Waals surface area contributed by atoms with E-state index in [0.29, 0.717) is 13.0 Å². The smallest absolute Gasteiger partial charge is 0.240 e. The van der Waals surface area contributed by atoms with Crippen LogP contribution in [0.15, 0.2) is 0 Å². The van der Waals surface area contributed by atoms with E-state index < -0.39 is 6.04 Å². The van der Waals surface area contributed by atoms with Crippen LogP contribution in [-0.2, 0) is 9.59 Å². The molecule has 19 heavy (non-hydrogen) atoms. The summed E-state index contributed by atoms with van der Waals surface area (Å²) >= 11 is 0. The summed E-state index contributed by atoms with van der Waals surface area (Å²) in [5, 5.41) is 3.11. The highest BCUT2D eigenvalue weighted by Crippen LogP contribution is 2.21. The molecule has 1 fully saturated rings. The highest BCUT2D eigenvalue weighted by atomic mass is 31.1. The van der Waals surface area contributed by atoms with Gasteiger partial charge >= 0.3 is 0 Å². The van der Waals surface area contributed by atoms with Crippen LogP contribution in [0.2, 0.25) is 0 Å². The Morgan fingerprint density at radius 2 is 2.26 bits per heavy atom. The lowest BCUT2D eigenvalue weighted by atomic mass is 10.1. The van der Waals surface area contributed by atoms with Crippen LogP contribution in [0.5, 0.6) is 0 Å². The molecule has 108 valence electrons. The maximum absolute atomic E-state index is 12.2. The summed E-state index contributed by atoms with van der Waals surface area (Å²) in [4.78, 5) is 25.3. The summed E-state index contributed by atoms with van der Waals surface area (Å²) in [5.41, 5.74) is 5.91. The number of rotatable bonds is 8. The first-order chi connectivity index (χ1) is 9.07. The molecule has 1 aliphatic heterocycles. The molecule has 1 heterocycles. The number of nitrogens with one attached hydrogen (secondary N) is 1. The third kappa shape index (κ3) is 5.27. The number of nitrogens with zero attached hydrogens (tertiary/aromatic N) is 1. The predicted molar refractivity (Wildman–Crippen MR) is 83.3 cm³/mol. The van der Waals surface area contributed by atoms with Crippen LogP contribution in [0.1, 0.15) is 32.1 Å². The van der Waals surface area contributed by atoms with E-state index >= 15 is 0 Å². The minimum absolute atomic E-state index is 0.0169. The van der Waals surface area contributed by atoms with Crippen molar-refractivity contribution in [3.05, 3.63) is 0 Å². The molecule has 0 radical (unpaired) electrons. The minimum Gasteiger partial charge on any atom is -0.331 e. The molecule has 3 atom stereocenters. The van der Waals surface area contributed by atoms with Gasteiger partial charge in [-0.1, -0.05) is 22.0 Å². The number of hydrogen-bond acceptors (Lipinski definition) is 4. The summed E-state index contributed by atoms with van der Waals surface area (Å²) in [6, 6.07) is -0.766. The molecule has 0 aromatic heterocycles. The Morgan fingerprint density at radius 3 is 2.89 bits per heavy atom. The Bertz CT molecular complexity index is 339. The van der Waals surface area contributed by atoms with Crippen LogP contribution >= 0.6 is 17.6 Å². The quantitative estimate of drug-likeness (QED) is 0.513. The van der Waals surface area contributed by atoms with Gasteiger partial charge in [0.15, 0.2) is 5.52 Å². The number of unbranched alkanes of at least 4 members (excludes halogenated alkanes) is 1. The first-order valence-corrected chi connectivity index (χ1v) is 8.27. The second-order valence-electron chi connectivity index (χ2n) is 4.76. The van der Waals surface area contributed by atoms with Crippen molar-refractivity contribution < 1.29 is 9.59 Å². The molecule has 0 saturated carbocycles. The molecule has 0 bridgehead atoms. The SMILES string of the molecule is C=PNCCCCC(N)C(=O)N1CCCC1C(=O)P. The molecule has 0 aromatic rings. The fourth-order valence-electron chi connectivity index (χ4n) is 2.31. The van der Waals surface area contributed by atoms with Crippen molar-refractivity contribution in [1.82, 2.24) is 9.99 Å². The number of carbonyl (C=O) groups is 2. The van der Waals surface area contributed by atoms with Crippen molar-refractivity contribution in [2.24, 2.45) is 5.73 Å². The summed E-state index contributed by atoms with van der Waals surface area (Å²) in [5.74, 6) is -0.0819. The molecule has 0 aromatic carbocycles. The van der Waals surface area contributed by atoms with Gasteiger partial charge in [-0.15, -0.1) is 0 Å². The van der Waals surface area contributed by atoms with Crippen molar-refractivity contribution in [2.75, 3.05) is 13.1 Å². The zero-order valence-corrected chi connectivity index (χ0v) is 13.2. The van der Waals surface area contributed by atoms with E-state index in [1.807, 2.05) is 0 Å². The first kappa shape index (κ1) is 16.7. The van der Waals surface area contributed by atoms with Gasteiger partial charge in [0.05, 0.1) is 12.1 Å². The Morgan fingerprint density at radius 1 is 1.53 bits per heavy atom. The second-order valence-corrected chi connectivity index (χ2v) is 5.96. The van der Waals surface area contributed by atoms with Gasteiger partial charge in [-0.3, -0.25) is 14.7 Å². The van der Waals surface area contributed by atoms with E-state index in [9.17, 15) is 9.59 Å². The molecule has 1 amide bonds. The van der Waals surface area contributed by atoms with Gasteiger partial charge in [0, 0.05) is 13.1 Å². The van der Waals surface area contributed by atoms with Crippen molar-refractivity contribution in [3.8, 4) is 0 Å². The van der Waals surface area contributed by atoms with Gasteiger partial charge in [0.1, 0.15) is 0 Å². The fourth-order valence-corrected chi connectivity index (χ4v) is 2.97. The van der Waals surface area contributed by atoms with Crippen molar-refractivity contribution >= 4 is 35.3 Å². The maximum Gasteiger partial charge on any atom is 0.240 e. The number of amides is 1. The zero-order valence-electron chi connectivity index (χ0n) is 11.2. The molecule has 0 aliphatic carbocycles. The zero-order chi connectivity index (χ0) is 14.3. The van der Waals surface area contributed by atoms with E-state index in [-0.39, 0.29) is 17.5 Å². The van der Waals surface area contributed by atoms with E-state index in [2.05, 4.69) is 20.6 Å². The first-order valence-electron chi connectivity index (χ1n) is 6.62. The van der Waals surface area contributed by atoms with E-state index in [4.69, 9.17) is 5.73 Å². The van der Waals surface area contributed by atoms with Gasteiger partial charge in [-0.2, -0.15) is 0 Å². The fraction of sp³-hybridized carbons (Fsp3) is 0.750. The van der Waals surface area contributed by atoms with Crippen LogP contribution in [0.4, 0.5) is 0 Å². The summed E-state index contributed by atoms with van der Waals surface area (Å²) in [6.45, 7) is 1.54. The standard InChI is InChI=1S/C12H23N3O2P2/c1-19-14-7-3-2-5-9(13)11(16)15-8-4-6-10(15)12(17)18/h9-10,14H,1-8,13,18H2. The lowest BCUT2D eigenvalue weighted by Gasteiger charge is -2.25. The molecule has 1 rings (SSSR count). The molecule has 0 spiro atoms. The highest BCUT2D eigenvalue weighted by Gasteiger charge is 2.33. The molecular formula is C12H23N3O2P2. The Kier molecular flexibility index (Phi) is 7.70. The highest BCUT2D eigenvalue weighted by molar-refractivity contribution is 7.40. The number of nitrogens with two attached hydrogens (primary N) is 1. The molecular weight excluding hydrogens is 280 g/mol. The second kappa shape index (κ2) is 8.76. The summed E-state index contributed by atoms with van der Waals surface area (Å²) in [6.07, 6.45) is 7.86. The van der Waals surface area contributed by atoms with E-state index in [1.54, 1.807) is 4.90 Å². The van der Waals surface area contributed by atoms with Gasteiger partial charge in [0.2, 0.25) is 5.91 Å². The summed E-state index contributed by atoms with van der Waals surface area (Å²) in [7, 11) is 3.10. The van der Waals surface area contributed by atoms with Crippen LogP contribution in [-0.4, -0.2) is 47.8 Å². The van der Waals surface area contributed by atoms with Gasteiger partial charge in [-0.25, -0.2) is 0 Å². The number of likely N-dealkylation sites (tertiary alicyclic amines) is 1. The maximum atomic E-state index is 12.2. The number of carbonyl (C=O) groups excluding carboxylic acids is 2. The molecule has 5 nitrogen and oxygen atoms in total. The monoisotopic (exact) mass is 303 g/mol. The van der Waals surface area contributed by atoms with Gasteiger partial charge in [-0.05, 0) is 34.0 Å². The van der Waals surface area contributed by atoms with Gasteiger partial charge < -0.3 is 10.6 Å². The van der Waals surface area contributed by atoms with Crippen LogP contribution < -0.4 is 10.8 Å². The average molecular weight is 303 g/mol. The van der Waals surface area contributed by atoms with Crippen molar-refractivity contribution in [2.45, 2.75) is 44.2 Å². The predicted octanol–water partition coefficient (Wildman–Crippen LogP) is 0.759. The van der Waals surface area contributed by atoms with Crippen molar-refractivity contribution in [3.63, 3.8) is 0 Å². The lowest BCUT2D eigenvalue weighted by Crippen LogP contribution is -2.47. The molecule has 1 saturated heterocycles. The van der Waals surface area contributed by atoms with E-state index in [1.165, 1.54) is 0 Å². The van der Waals surface area contributed by atoms with Crippen molar-refractivity contribution in [1.29, 1.82) is 0 Å². The lowest BCUT2D eigenvalue weighted by molar-refractivity contribution is -0.136. The van der Waals surface area contributed by atoms with Crippen LogP contribution in [0.3, 0.4) is 0 Å². The molecule has 3 N–H and O–H groups in total. The molecule has 7 heteroatoms. The Labute approximate surface area is 118 Å². The Hall–Kier alpha value is -0.340.